The monoisotopic (exact) mass is 299 g/mol. The highest BCUT2D eigenvalue weighted by Gasteiger charge is 2.10. The van der Waals surface area contributed by atoms with Crippen LogP contribution in [0.5, 0.6) is 0 Å². The van der Waals surface area contributed by atoms with Gasteiger partial charge in [-0.2, -0.15) is 0 Å². The number of halogens is 1. The summed E-state index contributed by atoms with van der Waals surface area (Å²) in [5.41, 5.74) is 2.28. The van der Waals surface area contributed by atoms with E-state index in [2.05, 4.69) is 44.4 Å². The van der Waals surface area contributed by atoms with E-state index in [0.717, 1.165) is 14.6 Å². The summed E-state index contributed by atoms with van der Waals surface area (Å²) in [6.07, 6.45) is 1.97. The Morgan fingerprint density at radius 3 is 3.00 bits per heavy atom. The molecule has 0 fully saturated rings. The van der Waals surface area contributed by atoms with Crippen LogP contribution in [0.25, 0.3) is 15.5 Å². The SMILES string of the molecule is Cc1ccsc1-c1cn2nc(Br)sc2n1. The van der Waals surface area contributed by atoms with Gasteiger partial charge < -0.3 is 0 Å². The van der Waals surface area contributed by atoms with Crippen molar-refractivity contribution < 1.29 is 0 Å². The molecule has 0 radical (unpaired) electrons. The molecular formula is C9H6BrN3S2. The van der Waals surface area contributed by atoms with Gasteiger partial charge in [0.1, 0.15) is 5.69 Å². The normalized spacial score (nSPS) is 11.3. The van der Waals surface area contributed by atoms with E-state index in [1.807, 2.05) is 10.7 Å². The Morgan fingerprint density at radius 2 is 2.33 bits per heavy atom. The summed E-state index contributed by atoms with van der Waals surface area (Å²) in [6.45, 7) is 2.10. The first-order valence-electron chi connectivity index (χ1n) is 4.30. The predicted molar refractivity (Wildman–Crippen MR) is 66.6 cm³/mol. The van der Waals surface area contributed by atoms with Crippen LogP contribution in [-0.2, 0) is 0 Å². The van der Waals surface area contributed by atoms with E-state index in [-0.39, 0.29) is 0 Å². The number of aromatic nitrogens is 3. The predicted octanol–water partition coefficient (Wildman–Crippen LogP) is 3.59. The van der Waals surface area contributed by atoms with Crippen LogP contribution in [-0.4, -0.2) is 14.6 Å². The summed E-state index contributed by atoms with van der Waals surface area (Å²) in [7, 11) is 0. The number of hydrogen-bond acceptors (Lipinski definition) is 4. The average Bonchev–Trinajstić information content (AvgIpc) is 2.78. The smallest absolute Gasteiger partial charge is 0.213 e. The van der Waals surface area contributed by atoms with Crippen LogP contribution in [0, 0.1) is 6.92 Å². The lowest BCUT2D eigenvalue weighted by Crippen LogP contribution is -1.78. The van der Waals surface area contributed by atoms with E-state index in [1.54, 1.807) is 11.3 Å². The van der Waals surface area contributed by atoms with E-state index in [9.17, 15) is 0 Å². The Hall–Kier alpha value is -0.720. The van der Waals surface area contributed by atoms with Crippen LogP contribution < -0.4 is 0 Å². The van der Waals surface area contributed by atoms with E-state index < -0.39 is 0 Å². The van der Waals surface area contributed by atoms with E-state index >= 15 is 0 Å². The second kappa shape index (κ2) is 3.40. The van der Waals surface area contributed by atoms with Gasteiger partial charge in [-0.1, -0.05) is 11.3 Å². The molecule has 0 aromatic carbocycles. The third-order valence-electron chi connectivity index (χ3n) is 2.11. The highest BCUT2D eigenvalue weighted by Crippen LogP contribution is 2.30. The maximum Gasteiger partial charge on any atom is 0.213 e. The lowest BCUT2D eigenvalue weighted by Gasteiger charge is -1.91. The summed E-state index contributed by atoms with van der Waals surface area (Å²) in [6, 6.07) is 2.11. The van der Waals surface area contributed by atoms with Crippen molar-refractivity contribution in [3.05, 3.63) is 27.1 Å². The van der Waals surface area contributed by atoms with Crippen LogP contribution in [0.2, 0.25) is 0 Å². The molecule has 0 atom stereocenters. The minimum absolute atomic E-state index is 0.861. The van der Waals surface area contributed by atoms with Gasteiger partial charge in [-0.05, 0) is 39.9 Å². The van der Waals surface area contributed by atoms with Crippen molar-refractivity contribution in [3.8, 4) is 10.6 Å². The Labute approximate surface area is 103 Å². The first kappa shape index (κ1) is 9.50. The van der Waals surface area contributed by atoms with Gasteiger partial charge in [0.15, 0.2) is 3.92 Å². The van der Waals surface area contributed by atoms with Gasteiger partial charge in [-0.3, -0.25) is 0 Å². The van der Waals surface area contributed by atoms with Crippen molar-refractivity contribution in [2.45, 2.75) is 6.92 Å². The molecule has 0 aliphatic rings. The van der Waals surface area contributed by atoms with Crippen LogP contribution in [0.15, 0.2) is 21.6 Å². The molecule has 3 aromatic heterocycles. The Kier molecular flexibility index (Phi) is 2.15. The molecule has 0 unspecified atom stereocenters. The molecule has 0 bridgehead atoms. The van der Waals surface area contributed by atoms with Crippen LogP contribution >= 0.6 is 38.6 Å². The zero-order valence-electron chi connectivity index (χ0n) is 7.77. The number of aryl methyl sites for hydroxylation is 1. The Balaban J connectivity index is 2.20. The van der Waals surface area contributed by atoms with Crippen LogP contribution in [0.4, 0.5) is 0 Å². The molecule has 0 aliphatic heterocycles. The molecule has 0 N–H and O–H groups in total. The molecule has 6 heteroatoms. The third kappa shape index (κ3) is 1.53. The molecule has 0 amide bonds. The lowest BCUT2D eigenvalue weighted by molar-refractivity contribution is 0.959. The van der Waals surface area contributed by atoms with E-state index in [0.29, 0.717) is 0 Å². The maximum absolute atomic E-state index is 4.54. The van der Waals surface area contributed by atoms with Gasteiger partial charge in [0, 0.05) is 0 Å². The topological polar surface area (TPSA) is 30.2 Å². The van der Waals surface area contributed by atoms with E-state index in [4.69, 9.17) is 0 Å². The second-order valence-electron chi connectivity index (χ2n) is 3.14. The summed E-state index contributed by atoms with van der Waals surface area (Å²) in [4.78, 5) is 6.68. The number of thiophene rings is 1. The molecule has 3 heterocycles. The van der Waals surface area contributed by atoms with Crippen molar-refractivity contribution in [1.29, 1.82) is 0 Å². The molecule has 15 heavy (non-hydrogen) atoms. The Morgan fingerprint density at radius 1 is 1.47 bits per heavy atom. The van der Waals surface area contributed by atoms with Crippen molar-refractivity contribution in [1.82, 2.24) is 14.6 Å². The fourth-order valence-corrected chi connectivity index (χ4v) is 3.52. The summed E-state index contributed by atoms with van der Waals surface area (Å²) >= 11 is 6.59. The molecule has 0 aliphatic carbocycles. The molecule has 3 nitrogen and oxygen atoms in total. The highest BCUT2D eigenvalue weighted by atomic mass is 79.9. The van der Waals surface area contributed by atoms with Gasteiger partial charge >= 0.3 is 0 Å². The molecular weight excluding hydrogens is 294 g/mol. The van der Waals surface area contributed by atoms with Crippen molar-refractivity contribution in [2.75, 3.05) is 0 Å². The molecule has 3 aromatic rings. The van der Waals surface area contributed by atoms with Crippen LogP contribution in [0.3, 0.4) is 0 Å². The zero-order valence-corrected chi connectivity index (χ0v) is 11.0. The van der Waals surface area contributed by atoms with Crippen molar-refractivity contribution in [3.63, 3.8) is 0 Å². The van der Waals surface area contributed by atoms with E-state index in [1.165, 1.54) is 21.8 Å². The summed E-state index contributed by atoms with van der Waals surface area (Å²) in [5, 5.41) is 6.35. The Bertz CT molecular complexity index is 591. The first-order chi connectivity index (χ1) is 7.24. The zero-order chi connectivity index (χ0) is 10.4. The fourth-order valence-electron chi connectivity index (χ4n) is 1.42. The molecule has 3 rings (SSSR count). The molecule has 76 valence electrons. The fraction of sp³-hybridized carbons (Fsp3) is 0.111. The minimum Gasteiger partial charge on any atom is -0.217 e. The molecule has 0 saturated carbocycles. The van der Waals surface area contributed by atoms with Gasteiger partial charge in [-0.25, -0.2) is 9.50 Å². The van der Waals surface area contributed by atoms with Gasteiger partial charge in [-0.15, -0.1) is 16.4 Å². The van der Waals surface area contributed by atoms with Crippen molar-refractivity contribution in [2.24, 2.45) is 0 Å². The largest absolute Gasteiger partial charge is 0.217 e. The third-order valence-corrected chi connectivity index (χ3v) is 4.51. The number of fused-ring (bicyclic) bond motifs is 1. The standard InChI is InChI=1S/C9H6BrN3S2/c1-5-2-3-14-7(5)6-4-13-9(11-6)15-8(10)12-13/h2-4H,1H3. The maximum atomic E-state index is 4.54. The van der Waals surface area contributed by atoms with Crippen molar-refractivity contribution >= 4 is 43.6 Å². The lowest BCUT2D eigenvalue weighted by atomic mass is 10.2. The van der Waals surface area contributed by atoms with Gasteiger partial charge in [0.2, 0.25) is 4.96 Å². The molecule has 0 spiro atoms. The number of imidazole rings is 1. The number of hydrogen-bond donors (Lipinski definition) is 0. The quantitative estimate of drug-likeness (QED) is 0.687. The summed E-state index contributed by atoms with van der Waals surface area (Å²) in [5.74, 6) is 0. The first-order valence-corrected chi connectivity index (χ1v) is 6.79. The number of rotatable bonds is 1. The molecule has 0 saturated heterocycles. The van der Waals surface area contributed by atoms with Gasteiger partial charge in [0.25, 0.3) is 0 Å². The minimum atomic E-state index is 0.861. The highest BCUT2D eigenvalue weighted by molar-refractivity contribution is 9.11. The van der Waals surface area contributed by atoms with Gasteiger partial charge in [0.05, 0.1) is 11.1 Å². The number of nitrogens with zero attached hydrogens (tertiary/aromatic N) is 3. The summed E-state index contributed by atoms with van der Waals surface area (Å²) < 4.78 is 2.67. The average molecular weight is 300 g/mol. The van der Waals surface area contributed by atoms with Crippen LogP contribution in [0.1, 0.15) is 5.56 Å². The second-order valence-corrected chi connectivity index (χ2v) is 6.29.